The van der Waals surface area contributed by atoms with E-state index in [9.17, 15) is 0 Å². The van der Waals surface area contributed by atoms with E-state index in [4.69, 9.17) is 24.7 Å². The van der Waals surface area contributed by atoms with Crippen molar-refractivity contribution in [2.24, 2.45) is 16.9 Å². The minimum atomic E-state index is -2.52. The van der Waals surface area contributed by atoms with E-state index in [-0.39, 0.29) is 5.41 Å². The van der Waals surface area contributed by atoms with Gasteiger partial charge in [-0.1, -0.05) is 13.8 Å². The van der Waals surface area contributed by atoms with Crippen LogP contribution in [0.15, 0.2) is 0 Å². The maximum atomic E-state index is 5.87. The largest absolute Gasteiger partial charge is 0.500 e. The fraction of sp³-hybridized carbons (Fsp3) is 1.00. The molecule has 0 aliphatic carbocycles. The summed E-state index contributed by atoms with van der Waals surface area (Å²) in [5, 5.41) is 0. The van der Waals surface area contributed by atoms with Crippen LogP contribution < -0.4 is 11.5 Å². The Hall–Kier alpha value is 0.0169. The topological polar surface area (TPSA) is 79.7 Å². The van der Waals surface area contributed by atoms with Crippen LogP contribution in [-0.2, 0) is 13.3 Å². The van der Waals surface area contributed by atoms with Crippen LogP contribution in [0.4, 0.5) is 0 Å². The zero-order valence-electron chi connectivity index (χ0n) is 12.3. The molecule has 18 heavy (non-hydrogen) atoms. The van der Waals surface area contributed by atoms with Crippen molar-refractivity contribution >= 4 is 8.80 Å². The summed E-state index contributed by atoms with van der Waals surface area (Å²) in [6, 6.07) is 0.798. The van der Waals surface area contributed by atoms with Gasteiger partial charge >= 0.3 is 8.80 Å². The van der Waals surface area contributed by atoms with E-state index >= 15 is 0 Å². The molecule has 0 radical (unpaired) electrons. The first-order chi connectivity index (χ1) is 8.45. The molecule has 0 fully saturated rings. The van der Waals surface area contributed by atoms with Gasteiger partial charge in [-0.2, -0.15) is 0 Å². The third-order valence-electron chi connectivity index (χ3n) is 3.20. The van der Waals surface area contributed by atoms with Gasteiger partial charge in [-0.05, 0) is 37.8 Å². The van der Waals surface area contributed by atoms with Crippen molar-refractivity contribution in [2.45, 2.75) is 39.2 Å². The Morgan fingerprint density at radius 1 is 1.06 bits per heavy atom. The van der Waals surface area contributed by atoms with Crippen LogP contribution in [0.1, 0.15) is 33.1 Å². The monoisotopic (exact) mass is 278 g/mol. The highest BCUT2D eigenvalue weighted by Gasteiger charge is 2.40. The third kappa shape index (κ3) is 6.82. The number of hydrogen-bond acceptors (Lipinski definition) is 5. The van der Waals surface area contributed by atoms with Crippen molar-refractivity contribution in [3.05, 3.63) is 0 Å². The Labute approximate surface area is 113 Å². The van der Waals surface area contributed by atoms with Gasteiger partial charge in [-0.25, -0.2) is 0 Å². The fourth-order valence-electron chi connectivity index (χ4n) is 1.55. The number of nitrogens with two attached hydrogens (primary N) is 2. The average molecular weight is 278 g/mol. The van der Waals surface area contributed by atoms with E-state index in [0.29, 0.717) is 19.7 Å². The van der Waals surface area contributed by atoms with Crippen molar-refractivity contribution in [1.29, 1.82) is 0 Å². The summed E-state index contributed by atoms with van der Waals surface area (Å²) in [6.07, 6.45) is 2.85. The lowest BCUT2D eigenvalue weighted by Crippen LogP contribution is -2.45. The first-order valence-corrected chi connectivity index (χ1v) is 8.53. The highest BCUT2D eigenvalue weighted by molar-refractivity contribution is 6.60. The summed E-state index contributed by atoms with van der Waals surface area (Å²) in [4.78, 5) is 0. The minimum Gasteiger partial charge on any atom is -0.377 e. The second-order valence-corrected chi connectivity index (χ2v) is 8.28. The first-order valence-electron chi connectivity index (χ1n) is 6.59. The van der Waals surface area contributed by atoms with Crippen molar-refractivity contribution in [2.75, 3.05) is 33.9 Å². The maximum Gasteiger partial charge on any atom is 0.500 e. The molecule has 0 aromatic heterocycles. The van der Waals surface area contributed by atoms with Crippen LogP contribution in [0.3, 0.4) is 0 Å². The molecule has 0 heterocycles. The molecular formula is C12H30N2O3Si. The van der Waals surface area contributed by atoms with E-state index in [1.54, 1.807) is 14.2 Å². The van der Waals surface area contributed by atoms with Crippen molar-refractivity contribution in [3.63, 3.8) is 0 Å². The molecule has 4 N–H and O–H groups in total. The smallest absolute Gasteiger partial charge is 0.377 e. The highest BCUT2D eigenvalue weighted by Crippen LogP contribution is 2.27. The SMILES string of the molecule is CO[Si](CCC(C)(C)CN)(OC)OCCCCN. The molecule has 6 heteroatoms. The zero-order chi connectivity index (χ0) is 14.1. The van der Waals surface area contributed by atoms with Gasteiger partial charge < -0.3 is 24.7 Å². The Kier molecular flexibility index (Phi) is 9.01. The summed E-state index contributed by atoms with van der Waals surface area (Å²) in [7, 11) is 0.806. The molecule has 0 aliphatic rings. The molecule has 0 rings (SSSR count). The van der Waals surface area contributed by atoms with Crippen molar-refractivity contribution < 1.29 is 13.3 Å². The number of unbranched alkanes of at least 4 members (excludes halogenated alkanes) is 1. The molecule has 0 aliphatic heterocycles. The predicted octanol–water partition coefficient (Wildman–Crippen LogP) is 1.35. The Morgan fingerprint density at radius 2 is 1.67 bits per heavy atom. The summed E-state index contributed by atoms with van der Waals surface area (Å²) in [5.41, 5.74) is 11.3. The average Bonchev–Trinajstić information content (AvgIpc) is 2.39. The van der Waals surface area contributed by atoms with Crippen LogP contribution in [-0.4, -0.2) is 42.7 Å². The zero-order valence-corrected chi connectivity index (χ0v) is 13.3. The summed E-state index contributed by atoms with van der Waals surface area (Å²) < 4.78 is 16.9. The minimum absolute atomic E-state index is 0.0932. The Bertz CT molecular complexity index is 211. The van der Waals surface area contributed by atoms with E-state index in [1.807, 2.05) is 0 Å². The van der Waals surface area contributed by atoms with E-state index < -0.39 is 8.80 Å². The normalized spacial score (nSPS) is 13.0. The molecule has 0 aromatic carbocycles. The van der Waals surface area contributed by atoms with Gasteiger partial charge in [0.15, 0.2) is 0 Å². The van der Waals surface area contributed by atoms with Crippen LogP contribution in [0, 0.1) is 5.41 Å². The summed E-state index contributed by atoms with van der Waals surface area (Å²) >= 11 is 0. The molecule has 0 bridgehead atoms. The van der Waals surface area contributed by atoms with Gasteiger partial charge in [0.05, 0.1) is 0 Å². The predicted molar refractivity (Wildman–Crippen MR) is 76.3 cm³/mol. The summed E-state index contributed by atoms with van der Waals surface area (Å²) in [5.74, 6) is 0. The second kappa shape index (κ2) is 9.01. The standard InChI is InChI=1S/C12H30N2O3Si/c1-12(2,11-14)7-10-18(15-3,16-4)17-9-6-5-8-13/h5-11,13-14H2,1-4H3. The lowest BCUT2D eigenvalue weighted by Gasteiger charge is -2.30. The maximum absolute atomic E-state index is 5.87. The van der Waals surface area contributed by atoms with Gasteiger partial charge in [0.2, 0.25) is 0 Å². The Balaban J connectivity index is 4.24. The molecule has 0 atom stereocenters. The lowest BCUT2D eigenvalue weighted by molar-refractivity contribution is 0.0927. The molecule has 0 saturated carbocycles. The van der Waals surface area contributed by atoms with Crippen LogP contribution in [0.2, 0.25) is 6.04 Å². The Morgan fingerprint density at radius 3 is 2.11 bits per heavy atom. The molecule has 0 unspecified atom stereocenters. The van der Waals surface area contributed by atoms with Gasteiger partial charge in [-0.3, -0.25) is 0 Å². The van der Waals surface area contributed by atoms with Gasteiger partial charge in [0, 0.05) is 26.9 Å². The molecule has 5 nitrogen and oxygen atoms in total. The molecule has 0 saturated heterocycles. The molecular weight excluding hydrogens is 248 g/mol. The van der Waals surface area contributed by atoms with Crippen molar-refractivity contribution in [3.8, 4) is 0 Å². The van der Waals surface area contributed by atoms with E-state index in [1.165, 1.54) is 0 Å². The highest BCUT2D eigenvalue weighted by atomic mass is 28.4. The van der Waals surface area contributed by atoms with Gasteiger partial charge in [0.1, 0.15) is 0 Å². The van der Waals surface area contributed by atoms with Crippen LogP contribution in [0.5, 0.6) is 0 Å². The second-order valence-electron chi connectivity index (χ2n) is 5.30. The molecule has 0 aromatic rings. The van der Waals surface area contributed by atoms with Crippen molar-refractivity contribution in [1.82, 2.24) is 0 Å². The summed E-state index contributed by atoms with van der Waals surface area (Å²) in [6.45, 7) is 6.28. The van der Waals surface area contributed by atoms with Crippen LogP contribution in [0.25, 0.3) is 0 Å². The fourth-order valence-corrected chi connectivity index (χ4v) is 3.94. The quantitative estimate of drug-likeness (QED) is 0.440. The molecule has 0 amide bonds. The number of hydrogen-bond donors (Lipinski definition) is 2. The lowest BCUT2D eigenvalue weighted by atomic mass is 9.91. The number of rotatable bonds is 11. The van der Waals surface area contributed by atoms with E-state index in [0.717, 1.165) is 25.3 Å². The molecule has 0 spiro atoms. The molecule has 110 valence electrons. The first kappa shape index (κ1) is 18.0. The van der Waals surface area contributed by atoms with E-state index in [2.05, 4.69) is 13.8 Å². The van der Waals surface area contributed by atoms with Gasteiger partial charge in [-0.15, -0.1) is 0 Å². The van der Waals surface area contributed by atoms with Crippen LogP contribution >= 0.6 is 0 Å². The third-order valence-corrected chi connectivity index (χ3v) is 5.95. The van der Waals surface area contributed by atoms with Gasteiger partial charge in [0.25, 0.3) is 0 Å².